The lowest BCUT2D eigenvalue weighted by molar-refractivity contribution is 0.0880. The molecule has 4 nitrogen and oxygen atoms in total. The Hall–Kier alpha value is -2.23. The number of amides is 2. The Morgan fingerprint density at radius 2 is 1.93 bits per heavy atom. The summed E-state index contributed by atoms with van der Waals surface area (Å²) in [6, 6.07) is 6.91. The highest BCUT2D eigenvalue weighted by atomic mass is 16.2. The number of imide groups is 1. The lowest BCUT2D eigenvalue weighted by Crippen LogP contribution is -2.19. The zero-order valence-electron chi connectivity index (χ0n) is 7.65. The van der Waals surface area contributed by atoms with Gasteiger partial charge in [-0.2, -0.15) is 0 Å². The van der Waals surface area contributed by atoms with E-state index in [1.165, 1.54) is 0 Å². The topological polar surface area (TPSA) is 59.1 Å². The summed E-state index contributed by atoms with van der Waals surface area (Å²) in [5.74, 6) is -0.672. The number of pyridine rings is 1. The van der Waals surface area contributed by atoms with E-state index in [1.54, 1.807) is 30.5 Å². The Morgan fingerprint density at radius 1 is 1.07 bits per heavy atom. The lowest BCUT2D eigenvalue weighted by atomic mass is 10.0. The summed E-state index contributed by atoms with van der Waals surface area (Å²) in [6.45, 7) is 0. The quantitative estimate of drug-likeness (QED) is 0.645. The third kappa shape index (κ3) is 0.985. The minimum atomic E-state index is -0.339. The second-order valence-electron chi connectivity index (χ2n) is 3.34. The molecule has 2 aromatic rings. The van der Waals surface area contributed by atoms with Gasteiger partial charge in [0.1, 0.15) is 0 Å². The van der Waals surface area contributed by atoms with Gasteiger partial charge < -0.3 is 0 Å². The Bertz CT molecular complexity index is 605. The molecule has 0 unspecified atom stereocenters. The second kappa shape index (κ2) is 2.63. The molecule has 2 amide bonds. The van der Waals surface area contributed by atoms with E-state index in [1.807, 2.05) is 0 Å². The minimum absolute atomic E-state index is 0.333. The van der Waals surface area contributed by atoms with Crippen LogP contribution in [0.15, 0.2) is 30.5 Å². The van der Waals surface area contributed by atoms with E-state index in [-0.39, 0.29) is 11.8 Å². The van der Waals surface area contributed by atoms with Crippen LogP contribution in [0.1, 0.15) is 20.7 Å². The molecule has 1 aromatic heterocycles. The van der Waals surface area contributed by atoms with Crippen molar-refractivity contribution in [2.45, 2.75) is 0 Å². The molecule has 1 aliphatic rings. The molecule has 72 valence electrons. The van der Waals surface area contributed by atoms with E-state index in [0.717, 1.165) is 10.9 Å². The zero-order valence-corrected chi connectivity index (χ0v) is 7.65. The standard InChI is InChI=1S/C11H6N2O2/c14-10-7-3-4-8-6(2-1-5-12-8)9(7)11(15)13-10/h1-5H,(H,13,14,15). The molecule has 2 heterocycles. The fourth-order valence-corrected chi connectivity index (χ4v) is 1.82. The van der Waals surface area contributed by atoms with Crippen molar-refractivity contribution in [2.75, 3.05) is 0 Å². The first-order valence-corrected chi connectivity index (χ1v) is 4.51. The maximum Gasteiger partial charge on any atom is 0.259 e. The summed E-state index contributed by atoms with van der Waals surface area (Å²) >= 11 is 0. The molecule has 15 heavy (non-hydrogen) atoms. The molecule has 0 fully saturated rings. The molecule has 0 radical (unpaired) electrons. The normalized spacial score (nSPS) is 14.1. The van der Waals surface area contributed by atoms with Crippen LogP contribution < -0.4 is 5.32 Å². The van der Waals surface area contributed by atoms with Crippen molar-refractivity contribution >= 4 is 22.7 Å². The highest BCUT2D eigenvalue weighted by molar-refractivity contribution is 6.26. The van der Waals surface area contributed by atoms with Gasteiger partial charge in [0.2, 0.25) is 0 Å². The van der Waals surface area contributed by atoms with Crippen LogP contribution in [0.2, 0.25) is 0 Å². The highest BCUT2D eigenvalue weighted by Crippen LogP contribution is 2.24. The molecule has 1 N–H and O–H groups in total. The first-order chi connectivity index (χ1) is 7.27. The fraction of sp³-hybridized carbons (Fsp3) is 0. The monoisotopic (exact) mass is 198 g/mol. The van der Waals surface area contributed by atoms with Gasteiger partial charge in [-0.05, 0) is 18.2 Å². The number of hydrogen-bond donors (Lipinski definition) is 1. The highest BCUT2D eigenvalue weighted by Gasteiger charge is 2.28. The van der Waals surface area contributed by atoms with Gasteiger partial charge in [-0.15, -0.1) is 0 Å². The largest absolute Gasteiger partial charge is 0.288 e. The molecule has 4 heteroatoms. The molecule has 1 aromatic carbocycles. The Labute approximate surface area is 84.9 Å². The number of carbonyl (C=O) groups excluding carboxylic acids is 2. The van der Waals surface area contributed by atoms with Gasteiger partial charge in [-0.3, -0.25) is 19.9 Å². The molecular formula is C11H6N2O2. The van der Waals surface area contributed by atoms with Gasteiger partial charge in [0.05, 0.1) is 16.6 Å². The predicted octanol–water partition coefficient (Wildman–Crippen LogP) is 1.12. The van der Waals surface area contributed by atoms with Crippen molar-refractivity contribution in [3.63, 3.8) is 0 Å². The van der Waals surface area contributed by atoms with Crippen LogP contribution in [0.25, 0.3) is 10.9 Å². The van der Waals surface area contributed by atoms with Crippen LogP contribution in [0, 0.1) is 0 Å². The number of fused-ring (bicyclic) bond motifs is 3. The van der Waals surface area contributed by atoms with Crippen molar-refractivity contribution in [2.24, 2.45) is 0 Å². The van der Waals surface area contributed by atoms with E-state index in [4.69, 9.17) is 0 Å². The number of nitrogens with one attached hydrogen (secondary N) is 1. The lowest BCUT2D eigenvalue weighted by Gasteiger charge is -1.99. The molecule has 1 aliphatic heterocycles. The van der Waals surface area contributed by atoms with Crippen LogP contribution >= 0.6 is 0 Å². The number of nitrogens with zero attached hydrogens (tertiary/aromatic N) is 1. The van der Waals surface area contributed by atoms with Gasteiger partial charge in [0, 0.05) is 11.6 Å². The van der Waals surface area contributed by atoms with Gasteiger partial charge in [0.25, 0.3) is 11.8 Å². The summed E-state index contributed by atoms with van der Waals surface area (Å²) in [5, 5.41) is 2.99. The van der Waals surface area contributed by atoms with Crippen LogP contribution in [0.4, 0.5) is 0 Å². The van der Waals surface area contributed by atoms with Crippen LogP contribution in [-0.2, 0) is 0 Å². The van der Waals surface area contributed by atoms with Crippen molar-refractivity contribution in [1.29, 1.82) is 0 Å². The fourth-order valence-electron chi connectivity index (χ4n) is 1.82. The maximum absolute atomic E-state index is 11.5. The number of aromatic nitrogens is 1. The number of carbonyl (C=O) groups is 2. The summed E-state index contributed by atoms with van der Waals surface area (Å²) in [7, 11) is 0. The van der Waals surface area contributed by atoms with Crippen LogP contribution in [0.3, 0.4) is 0 Å². The minimum Gasteiger partial charge on any atom is -0.288 e. The Morgan fingerprint density at radius 3 is 2.80 bits per heavy atom. The molecule has 0 spiro atoms. The van der Waals surface area contributed by atoms with Crippen LogP contribution in [0.5, 0.6) is 0 Å². The molecule has 0 bridgehead atoms. The van der Waals surface area contributed by atoms with Crippen molar-refractivity contribution < 1.29 is 9.59 Å². The number of benzene rings is 1. The predicted molar refractivity (Wildman–Crippen MR) is 53.5 cm³/mol. The summed E-state index contributed by atoms with van der Waals surface area (Å²) in [4.78, 5) is 27.0. The van der Waals surface area contributed by atoms with E-state index < -0.39 is 0 Å². The van der Waals surface area contributed by atoms with Gasteiger partial charge >= 0.3 is 0 Å². The molecule has 0 atom stereocenters. The third-order valence-corrected chi connectivity index (χ3v) is 2.48. The van der Waals surface area contributed by atoms with E-state index in [9.17, 15) is 9.59 Å². The van der Waals surface area contributed by atoms with E-state index in [2.05, 4.69) is 10.3 Å². The molecule has 0 saturated carbocycles. The molecular weight excluding hydrogens is 192 g/mol. The second-order valence-corrected chi connectivity index (χ2v) is 3.34. The Balaban J connectivity index is 2.49. The zero-order chi connectivity index (χ0) is 10.4. The molecule has 0 aliphatic carbocycles. The summed E-state index contributed by atoms with van der Waals surface area (Å²) < 4.78 is 0. The smallest absolute Gasteiger partial charge is 0.259 e. The first-order valence-electron chi connectivity index (χ1n) is 4.51. The molecule has 0 saturated heterocycles. The van der Waals surface area contributed by atoms with Crippen molar-refractivity contribution in [1.82, 2.24) is 10.3 Å². The van der Waals surface area contributed by atoms with Gasteiger partial charge in [0.15, 0.2) is 0 Å². The van der Waals surface area contributed by atoms with Crippen LogP contribution in [-0.4, -0.2) is 16.8 Å². The maximum atomic E-state index is 11.5. The average molecular weight is 198 g/mol. The average Bonchev–Trinajstić information content (AvgIpc) is 2.55. The third-order valence-electron chi connectivity index (χ3n) is 2.48. The van der Waals surface area contributed by atoms with Crippen molar-refractivity contribution in [3.8, 4) is 0 Å². The number of hydrogen-bond acceptors (Lipinski definition) is 3. The Kier molecular flexibility index (Phi) is 1.42. The number of rotatable bonds is 0. The molecule has 3 rings (SSSR count). The van der Waals surface area contributed by atoms with Gasteiger partial charge in [-0.25, -0.2) is 0 Å². The van der Waals surface area contributed by atoms with E-state index in [0.29, 0.717) is 11.1 Å². The van der Waals surface area contributed by atoms with Crippen molar-refractivity contribution in [3.05, 3.63) is 41.6 Å². The summed E-state index contributed by atoms with van der Waals surface area (Å²) in [5.41, 5.74) is 1.59. The SMILES string of the molecule is O=C1NC(=O)c2c1ccc1ncccc21. The summed E-state index contributed by atoms with van der Waals surface area (Å²) in [6.07, 6.45) is 1.66. The first kappa shape index (κ1) is 8.11. The van der Waals surface area contributed by atoms with Gasteiger partial charge in [-0.1, -0.05) is 6.07 Å². The van der Waals surface area contributed by atoms with E-state index >= 15 is 0 Å².